The summed E-state index contributed by atoms with van der Waals surface area (Å²) >= 11 is 0. The Balaban J connectivity index is 2.10. The van der Waals surface area contributed by atoms with Crippen molar-refractivity contribution in [3.8, 4) is 0 Å². The summed E-state index contributed by atoms with van der Waals surface area (Å²) in [5.41, 5.74) is 3.10. The minimum Gasteiger partial charge on any atom is -0.0879 e. The summed E-state index contributed by atoms with van der Waals surface area (Å²) in [6, 6.07) is 0. The van der Waals surface area contributed by atoms with Crippen molar-refractivity contribution >= 4 is 0 Å². The van der Waals surface area contributed by atoms with Gasteiger partial charge >= 0.3 is 0 Å². The summed E-state index contributed by atoms with van der Waals surface area (Å²) < 4.78 is 0. The third-order valence-corrected chi connectivity index (χ3v) is 2.65. The first kappa shape index (κ1) is 8.55. The summed E-state index contributed by atoms with van der Waals surface area (Å²) in [6.07, 6.45) is 19.7. The van der Waals surface area contributed by atoms with Crippen LogP contribution in [0.15, 0.2) is 47.6 Å². The normalized spacial score (nSPS) is 22.2. The van der Waals surface area contributed by atoms with E-state index >= 15 is 0 Å². The molecule has 0 N–H and O–H groups in total. The lowest BCUT2D eigenvalue weighted by Gasteiger charge is -2.10. The van der Waals surface area contributed by atoms with E-state index in [-0.39, 0.29) is 0 Å². The zero-order valence-corrected chi connectivity index (χ0v) is 8.00. The van der Waals surface area contributed by atoms with Gasteiger partial charge in [-0.15, -0.1) is 0 Å². The van der Waals surface area contributed by atoms with Crippen LogP contribution in [0.1, 0.15) is 32.1 Å². The lowest BCUT2D eigenvalue weighted by atomic mass is 9.95. The van der Waals surface area contributed by atoms with Crippen LogP contribution in [-0.2, 0) is 0 Å². The first-order chi connectivity index (χ1) is 6.47. The second kappa shape index (κ2) is 4.27. The van der Waals surface area contributed by atoms with Gasteiger partial charge in [0.1, 0.15) is 0 Å². The Morgan fingerprint density at radius 2 is 1.46 bits per heavy atom. The van der Waals surface area contributed by atoms with Gasteiger partial charge in [0.25, 0.3) is 0 Å². The first-order valence-corrected chi connectivity index (χ1v) is 5.15. The third-order valence-electron chi connectivity index (χ3n) is 2.65. The lowest BCUT2D eigenvalue weighted by Crippen LogP contribution is -1.91. The highest BCUT2D eigenvalue weighted by molar-refractivity contribution is 5.37. The molecule has 0 aromatic heterocycles. The standard InChI is InChI=1S/C13H16/c1-2-5-9-12(8-4-1)13-10-6-3-7-11-13/h1,3-4,6,9,11H,2,5,7-8,10H2. The van der Waals surface area contributed by atoms with Gasteiger partial charge < -0.3 is 0 Å². The van der Waals surface area contributed by atoms with Crippen LogP contribution in [0.2, 0.25) is 0 Å². The van der Waals surface area contributed by atoms with Crippen molar-refractivity contribution in [3.63, 3.8) is 0 Å². The Labute approximate surface area is 80.3 Å². The molecule has 0 aromatic carbocycles. The molecule has 13 heavy (non-hydrogen) atoms. The van der Waals surface area contributed by atoms with E-state index < -0.39 is 0 Å². The molecule has 2 rings (SSSR count). The maximum atomic E-state index is 2.41. The molecule has 0 heterocycles. The minimum atomic E-state index is 1.12. The van der Waals surface area contributed by atoms with Crippen LogP contribution in [0.25, 0.3) is 0 Å². The van der Waals surface area contributed by atoms with Gasteiger partial charge in [-0.25, -0.2) is 0 Å². The highest BCUT2D eigenvalue weighted by Gasteiger charge is 2.05. The second-order valence-electron chi connectivity index (χ2n) is 3.62. The van der Waals surface area contributed by atoms with E-state index in [1.165, 1.54) is 12.8 Å². The highest BCUT2D eigenvalue weighted by Crippen LogP contribution is 2.24. The van der Waals surface area contributed by atoms with Gasteiger partial charge in [0.2, 0.25) is 0 Å². The van der Waals surface area contributed by atoms with Gasteiger partial charge in [0.05, 0.1) is 0 Å². The molecule has 0 spiro atoms. The van der Waals surface area contributed by atoms with Crippen LogP contribution in [0.3, 0.4) is 0 Å². The van der Waals surface area contributed by atoms with Crippen molar-refractivity contribution in [2.75, 3.05) is 0 Å². The molecule has 68 valence electrons. The van der Waals surface area contributed by atoms with E-state index in [1.807, 2.05) is 0 Å². The van der Waals surface area contributed by atoms with Gasteiger partial charge in [0.15, 0.2) is 0 Å². The fourth-order valence-corrected chi connectivity index (χ4v) is 1.89. The maximum absolute atomic E-state index is 2.41. The molecule has 0 unspecified atom stereocenters. The van der Waals surface area contributed by atoms with Gasteiger partial charge in [-0.1, -0.05) is 36.5 Å². The third kappa shape index (κ3) is 2.21. The van der Waals surface area contributed by atoms with Crippen LogP contribution in [-0.4, -0.2) is 0 Å². The molecular formula is C13H16. The zero-order valence-electron chi connectivity index (χ0n) is 8.00. The summed E-state index contributed by atoms with van der Waals surface area (Å²) in [7, 11) is 0. The number of hydrogen-bond acceptors (Lipinski definition) is 0. The van der Waals surface area contributed by atoms with Crippen molar-refractivity contribution in [1.82, 2.24) is 0 Å². The smallest absolute Gasteiger partial charge is 0.00977 e. The van der Waals surface area contributed by atoms with E-state index in [9.17, 15) is 0 Å². The van der Waals surface area contributed by atoms with E-state index in [0.29, 0.717) is 0 Å². The predicted molar refractivity (Wildman–Crippen MR) is 57.5 cm³/mol. The molecule has 0 bridgehead atoms. The fraction of sp³-hybridized carbons (Fsp3) is 0.385. The summed E-state index contributed by atoms with van der Waals surface area (Å²) in [6.45, 7) is 0. The molecule has 2 aliphatic rings. The monoisotopic (exact) mass is 172 g/mol. The van der Waals surface area contributed by atoms with Crippen molar-refractivity contribution in [2.24, 2.45) is 0 Å². The average molecular weight is 172 g/mol. The number of hydrogen-bond donors (Lipinski definition) is 0. The van der Waals surface area contributed by atoms with Crippen LogP contribution in [0.5, 0.6) is 0 Å². The molecule has 0 aliphatic heterocycles. The molecule has 0 heteroatoms. The Bertz CT molecular complexity index is 287. The van der Waals surface area contributed by atoms with Crippen molar-refractivity contribution in [3.05, 3.63) is 47.6 Å². The minimum absolute atomic E-state index is 1.12. The molecule has 0 atom stereocenters. The molecule has 0 nitrogen and oxygen atoms in total. The Morgan fingerprint density at radius 1 is 0.692 bits per heavy atom. The second-order valence-corrected chi connectivity index (χ2v) is 3.62. The molecule has 0 radical (unpaired) electrons. The van der Waals surface area contributed by atoms with E-state index in [4.69, 9.17) is 0 Å². The highest BCUT2D eigenvalue weighted by atomic mass is 14.1. The Morgan fingerprint density at radius 3 is 2.31 bits per heavy atom. The summed E-state index contributed by atoms with van der Waals surface area (Å²) in [4.78, 5) is 0. The molecule has 0 amide bonds. The quantitative estimate of drug-likeness (QED) is 0.526. The van der Waals surface area contributed by atoms with Crippen LogP contribution >= 0.6 is 0 Å². The van der Waals surface area contributed by atoms with Crippen LogP contribution in [0.4, 0.5) is 0 Å². The molecule has 2 aliphatic carbocycles. The molecule has 0 saturated carbocycles. The van der Waals surface area contributed by atoms with E-state index in [1.54, 1.807) is 11.1 Å². The number of allylic oxidation sites excluding steroid dienone is 8. The summed E-state index contributed by atoms with van der Waals surface area (Å²) in [5.74, 6) is 0. The first-order valence-electron chi connectivity index (χ1n) is 5.15. The SMILES string of the molecule is C1=CCC(C2=CCCC=CC2)=CC1. The molecule has 0 fully saturated rings. The average Bonchev–Trinajstić information content (AvgIpc) is 2.47. The Kier molecular flexibility index (Phi) is 2.81. The van der Waals surface area contributed by atoms with E-state index in [0.717, 1.165) is 19.3 Å². The van der Waals surface area contributed by atoms with Crippen molar-refractivity contribution < 1.29 is 0 Å². The molecule has 0 saturated heterocycles. The van der Waals surface area contributed by atoms with Crippen LogP contribution in [0, 0.1) is 0 Å². The summed E-state index contributed by atoms with van der Waals surface area (Å²) in [5, 5.41) is 0. The van der Waals surface area contributed by atoms with Crippen LogP contribution < -0.4 is 0 Å². The molecule has 0 aromatic rings. The van der Waals surface area contributed by atoms with Gasteiger partial charge in [0, 0.05) is 0 Å². The van der Waals surface area contributed by atoms with Gasteiger partial charge in [-0.3, -0.25) is 0 Å². The van der Waals surface area contributed by atoms with Gasteiger partial charge in [-0.2, -0.15) is 0 Å². The van der Waals surface area contributed by atoms with E-state index in [2.05, 4.69) is 36.5 Å². The van der Waals surface area contributed by atoms with Crippen molar-refractivity contribution in [2.45, 2.75) is 32.1 Å². The Hall–Kier alpha value is -1.04. The predicted octanol–water partition coefficient (Wildman–Crippen LogP) is 3.93. The van der Waals surface area contributed by atoms with Gasteiger partial charge in [-0.05, 0) is 43.3 Å². The maximum Gasteiger partial charge on any atom is -0.00977 e. The van der Waals surface area contributed by atoms with Crippen molar-refractivity contribution in [1.29, 1.82) is 0 Å². The molecular weight excluding hydrogens is 156 g/mol. The topological polar surface area (TPSA) is 0 Å². The fourth-order valence-electron chi connectivity index (χ4n) is 1.89. The lowest BCUT2D eigenvalue weighted by molar-refractivity contribution is 1.03. The largest absolute Gasteiger partial charge is 0.0879 e. The zero-order chi connectivity index (χ0) is 8.93. The number of rotatable bonds is 1.